The molecule has 0 fully saturated rings. The zero-order valence-electron chi connectivity index (χ0n) is 14.7. The first-order chi connectivity index (χ1) is 13.0. The third-order valence-electron chi connectivity index (χ3n) is 3.91. The van der Waals surface area contributed by atoms with E-state index in [1.165, 1.54) is 16.7 Å². The van der Waals surface area contributed by atoms with Gasteiger partial charge in [0.05, 0.1) is 21.8 Å². The lowest BCUT2D eigenvalue weighted by Crippen LogP contribution is -2.32. The van der Waals surface area contributed by atoms with Gasteiger partial charge in [-0.05, 0) is 31.2 Å². The summed E-state index contributed by atoms with van der Waals surface area (Å²) in [5.74, 6) is -0.760. The van der Waals surface area contributed by atoms with Crippen LogP contribution in [0.5, 0.6) is 0 Å². The quantitative estimate of drug-likeness (QED) is 0.403. The number of hydrogen-bond acceptors (Lipinski definition) is 4. The van der Waals surface area contributed by atoms with Crippen LogP contribution in [0.3, 0.4) is 0 Å². The molecule has 0 radical (unpaired) electrons. The van der Waals surface area contributed by atoms with Crippen molar-refractivity contribution in [2.75, 3.05) is 6.54 Å². The van der Waals surface area contributed by atoms with Crippen molar-refractivity contribution in [2.24, 2.45) is 0 Å². The van der Waals surface area contributed by atoms with E-state index in [9.17, 15) is 14.0 Å². The number of nitrogens with zero attached hydrogens (tertiary/aromatic N) is 2. The Morgan fingerprint density at radius 3 is 2.74 bits per heavy atom. The minimum absolute atomic E-state index is 0.0990. The highest BCUT2D eigenvalue weighted by Gasteiger charge is 2.21. The second-order valence-corrected chi connectivity index (χ2v) is 7.11. The fraction of sp³-hybridized carbons (Fsp3) is 0.150. The molecule has 138 valence electrons. The van der Waals surface area contributed by atoms with Crippen LogP contribution in [0.25, 0.3) is 16.6 Å². The van der Waals surface area contributed by atoms with Crippen molar-refractivity contribution in [3.05, 3.63) is 77.4 Å². The molecule has 0 saturated carbocycles. The van der Waals surface area contributed by atoms with Crippen LogP contribution in [0.2, 0.25) is 0 Å². The second-order valence-electron chi connectivity index (χ2n) is 5.80. The largest absolute Gasteiger partial charge is 0.352 e. The van der Waals surface area contributed by atoms with E-state index in [4.69, 9.17) is 0 Å². The van der Waals surface area contributed by atoms with Gasteiger partial charge < -0.3 is 5.32 Å². The van der Waals surface area contributed by atoms with Crippen LogP contribution < -0.4 is 10.9 Å². The predicted molar refractivity (Wildman–Crippen MR) is 106 cm³/mol. The molecule has 27 heavy (non-hydrogen) atoms. The summed E-state index contributed by atoms with van der Waals surface area (Å²) in [6, 6.07) is 12.9. The standard InChI is InChI=1S/C20H18FN3O2S/c1-3-12-22-18(25)13(2)27-20-23-16-10-6-4-8-14(16)19(26)24(20)17-11-7-5-9-15(17)21/h3-11,13H,1,12H2,2H3,(H,22,25)/t13-/m0/s1. The number of carbonyl (C=O) groups is 1. The number of rotatable bonds is 6. The van der Waals surface area contributed by atoms with Gasteiger partial charge in [0.25, 0.3) is 5.56 Å². The normalized spacial score (nSPS) is 11.9. The predicted octanol–water partition coefficient (Wildman–Crippen LogP) is 3.31. The summed E-state index contributed by atoms with van der Waals surface area (Å²) in [5, 5.41) is 2.81. The van der Waals surface area contributed by atoms with E-state index in [1.807, 2.05) is 0 Å². The first kappa shape index (κ1) is 18.8. The van der Waals surface area contributed by atoms with E-state index >= 15 is 0 Å². The van der Waals surface area contributed by atoms with Gasteiger partial charge in [0, 0.05) is 6.54 Å². The van der Waals surface area contributed by atoms with E-state index < -0.39 is 11.1 Å². The van der Waals surface area contributed by atoms with Crippen LogP contribution in [0.1, 0.15) is 6.92 Å². The SMILES string of the molecule is C=CCNC(=O)[C@H](C)Sc1nc2ccccc2c(=O)n1-c1ccccc1F. The minimum Gasteiger partial charge on any atom is -0.352 e. The fourth-order valence-corrected chi connectivity index (χ4v) is 3.51. The molecule has 1 heterocycles. The number of fused-ring (bicyclic) bond motifs is 1. The van der Waals surface area contributed by atoms with Crippen molar-refractivity contribution in [2.45, 2.75) is 17.3 Å². The summed E-state index contributed by atoms with van der Waals surface area (Å²) >= 11 is 1.10. The number of carbonyl (C=O) groups excluding carboxylic acids is 1. The van der Waals surface area contributed by atoms with Gasteiger partial charge in [0.1, 0.15) is 5.82 Å². The van der Waals surface area contributed by atoms with Gasteiger partial charge >= 0.3 is 0 Å². The molecule has 5 nitrogen and oxygen atoms in total. The first-order valence-corrected chi connectivity index (χ1v) is 9.23. The van der Waals surface area contributed by atoms with Gasteiger partial charge in [-0.15, -0.1) is 6.58 Å². The van der Waals surface area contributed by atoms with Crippen molar-refractivity contribution < 1.29 is 9.18 Å². The van der Waals surface area contributed by atoms with E-state index in [1.54, 1.807) is 49.4 Å². The van der Waals surface area contributed by atoms with Gasteiger partial charge in [0.2, 0.25) is 5.91 Å². The Balaban J connectivity index is 2.14. The summed E-state index contributed by atoms with van der Waals surface area (Å²) in [4.78, 5) is 29.8. The maximum atomic E-state index is 14.4. The lowest BCUT2D eigenvalue weighted by atomic mass is 10.2. The van der Waals surface area contributed by atoms with Crippen molar-refractivity contribution in [3.8, 4) is 5.69 Å². The highest BCUT2D eigenvalue weighted by Crippen LogP contribution is 2.26. The Labute approximate surface area is 159 Å². The minimum atomic E-state index is -0.540. The number of hydrogen-bond donors (Lipinski definition) is 1. The Morgan fingerprint density at radius 1 is 1.30 bits per heavy atom. The fourth-order valence-electron chi connectivity index (χ4n) is 2.57. The second kappa shape index (κ2) is 8.18. The molecule has 0 bridgehead atoms. The summed E-state index contributed by atoms with van der Waals surface area (Å²) in [5.41, 5.74) is 0.213. The molecule has 7 heteroatoms. The number of halogens is 1. The number of aromatic nitrogens is 2. The molecule has 0 unspecified atom stereocenters. The number of thioether (sulfide) groups is 1. The molecule has 0 saturated heterocycles. The van der Waals surface area contributed by atoms with Crippen LogP contribution in [0, 0.1) is 5.82 Å². The Morgan fingerprint density at radius 2 is 2.00 bits per heavy atom. The van der Waals surface area contributed by atoms with Gasteiger partial charge in [-0.3, -0.25) is 14.2 Å². The number of benzene rings is 2. The highest BCUT2D eigenvalue weighted by atomic mass is 32.2. The maximum Gasteiger partial charge on any atom is 0.266 e. The lowest BCUT2D eigenvalue weighted by molar-refractivity contribution is -0.120. The third kappa shape index (κ3) is 3.93. The van der Waals surface area contributed by atoms with Crippen molar-refractivity contribution >= 4 is 28.6 Å². The average molecular weight is 383 g/mol. The van der Waals surface area contributed by atoms with Crippen LogP contribution in [0.4, 0.5) is 4.39 Å². The molecule has 3 rings (SSSR count). The van der Waals surface area contributed by atoms with Crippen molar-refractivity contribution in [1.82, 2.24) is 14.9 Å². The number of amides is 1. The zero-order chi connectivity index (χ0) is 19.4. The van der Waals surface area contributed by atoms with Crippen molar-refractivity contribution in [3.63, 3.8) is 0 Å². The highest BCUT2D eigenvalue weighted by molar-refractivity contribution is 8.00. The van der Waals surface area contributed by atoms with E-state index in [0.29, 0.717) is 17.4 Å². The molecule has 1 N–H and O–H groups in total. The smallest absolute Gasteiger partial charge is 0.266 e. The van der Waals surface area contributed by atoms with Gasteiger partial charge in [-0.25, -0.2) is 9.37 Å². The lowest BCUT2D eigenvalue weighted by Gasteiger charge is -2.16. The van der Waals surface area contributed by atoms with Crippen molar-refractivity contribution in [1.29, 1.82) is 0 Å². The van der Waals surface area contributed by atoms with Crippen LogP contribution in [-0.4, -0.2) is 27.3 Å². The summed E-state index contributed by atoms with van der Waals surface area (Å²) in [6.45, 7) is 5.61. The molecule has 3 aromatic rings. The third-order valence-corrected chi connectivity index (χ3v) is 4.96. The Kier molecular flexibility index (Phi) is 5.71. The molecule has 0 spiro atoms. The van der Waals surface area contributed by atoms with Crippen LogP contribution in [-0.2, 0) is 4.79 Å². The summed E-state index contributed by atoms with van der Waals surface area (Å²) in [7, 11) is 0. The monoisotopic (exact) mass is 383 g/mol. The summed E-state index contributed by atoms with van der Waals surface area (Å²) < 4.78 is 15.6. The van der Waals surface area contributed by atoms with Gasteiger partial charge in [-0.1, -0.05) is 42.1 Å². The van der Waals surface area contributed by atoms with E-state index in [2.05, 4.69) is 16.9 Å². The van der Waals surface area contributed by atoms with Crippen LogP contribution >= 0.6 is 11.8 Å². The molecule has 0 aliphatic carbocycles. The maximum absolute atomic E-state index is 14.4. The molecule has 1 amide bonds. The van der Waals surface area contributed by atoms with E-state index in [-0.39, 0.29) is 22.3 Å². The molecular weight excluding hydrogens is 365 g/mol. The molecule has 2 aromatic carbocycles. The zero-order valence-corrected chi connectivity index (χ0v) is 15.5. The number of nitrogens with one attached hydrogen (secondary N) is 1. The molecule has 1 atom stereocenters. The summed E-state index contributed by atoms with van der Waals surface area (Å²) in [6.07, 6.45) is 1.58. The van der Waals surface area contributed by atoms with Gasteiger partial charge in [0.15, 0.2) is 5.16 Å². The molecule has 0 aliphatic heterocycles. The average Bonchev–Trinajstić information content (AvgIpc) is 2.67. The molecular formula is C20H18FN3O2S. The van der Waals surface area contributed by atoms with Crippen LogP contribution in [0.15, 0.2) is 71.1 Å². The Hall–Kier alpha value is -2.93. The van der Waals surface area contributed by atoms with Gasteiger partial charge in [-0.2, -0.15) is 0 Å². The van der Waals surface area contributed by atoms with E-state index in [0.717, 1.165) is 11.8 Å². The number of para-hydroxylation sites is 2. The topological polar surface area (TPSA) is 64.0 Å². The molecule has 1 aromatic heterocycles. The molecule has 0 aliphatic rings. The first-order valence-electron chi connectivity index (χ1n) is 8.35. The Bertz CT molecular complexity index is 1060.